The first kappa shape index (κ1) is 33.9. The lowest BCUT2D eigenvalue weighted by molar-refractivity contribution is -0.0450. The van der Waals surface area contributed by atoms with Crippen LogP contribution in [0.3, 0.4) is 0 Å². The third-order valence-corrected chi connectivity index (χ3v) is 10.6. The Bertz CT molecular complexity index is 1370. The summed E-state index contributed by atoms with van der Waals surface area (Å²) in [5, 5.41) is 10.1. The van der Waals surface area contributed by atoms with Crippen LogP contribution in [0.25, 0.3) is 0 Å². The van der Waals surface area contributed by atoms with E-state index in [1.165, 1.54) is 6.92 Å². The number of ether oxygens (including phenoxy) is 1. The molecule has 5 unspecified atom stereocenters. The molecule has 19 nitrogen and oxygen atoms in total. The van der Waals surface area contributed by atoms with Crippen LogP contribution < -0.4 is 11.2 Å². The Morgan fingerprint density at radius 1 is 1.03 bits per heavy atom. The molecule has 2 heterocycles. The molecule has 23 heteroatoms. The van der Waals surface area contributed by atoms with Crippen molar-refractivity contribution in [2.24, 2.45) is 0 Å². The van der Waals surface area contributed by atoms with Crippen LogP contribution in [0, 0.1) is 19.3 Å². The van der Waals surface area contributed by atoms with E-state index in [1.54, 1.807) is 0 Å². The van der Waals surface area contributed by atoms with Crippen LogP contribution in [-0.2, 0) is 45.0 Å². The van der Waals surface area contributed by atoms with Gasteiger partial charge in [0.05, 0.1) is 19.3 Å². The molecule has 1 aromatic heterocycles. The number of unbranched alkanes of at least 4 members (excludes halogenated alkanes) is 2. The predicted octanol–water partition coefficient (Wildman–Crippen LogP) is 0.782. The van der Waals surface area contributed by atoms with Gasteiger partial charge in [-0.2, -0.15) is 12.9 Å². The maximum Gasteiger partial charge on any atom is 0.490 e. The molecular weight excluding hydrogens is 616 g/mol. The average Bonchev–Trinajstić information content (AvgIpc) is 3.12. The molecule has 0 aliphatic carbocycles. The van der Waals surface area contributed by atoms with Crippen LogP contribution in [-0.4, -0.2) is 59.7 Å². The third kappa shape index (κ3) is 11.3. The molecule has 0 radical (unpaired) electrons. The highest BCUT2D eigenvalue weighted by atomic mass is 31.3. The van der Waals surface area contributed by atoms with Crippen LogP contribution >= 0.6 is 31.3 Å². The Hall–Kier alpha value is -1.28. The van der Waals surface area contributed by atoms with Crippen molar-refractivity contribution in [3.8, 4) is 12.3 Å². The summed E-state index contributed by atoms with van der Waals surface area (Å²) in [4.78, 5) is 63.8. The molecule has 0 amide bonds. The number of aliphatic hydroxyl groups excluding tert-OH is 1. The minimum atomic E-state index is -5.98. The van der Waals surface area contributed by atoms with Crippen molar-refractivity contribution >= 4 is 31.3 Å². The van der Waals surface area contributed by atoms with E-state index in [1.807, 2.05) is 4.98 Å². The van der Waals surface area contributed by atoms with Crippen molar-refractivity contribution in [2.45, 2.75) is 51.0 Å². The van der Waals surface area contributed by atoms with E-state index in [0.717, 1.165) is 10.8 Å². The Balaban J connectivity index is 1.93. The highest BCUT2D eigenvalue weighted by Crippen LogP contribution is 2.71. The Morgan fingerprint density at radius 2 is 1.59 bits per heavy atom. The first-order valence-corrected chi connectivity index (χ1v) is 16.7. The number of hydrogen-bond acceptors (Lipinski definition) is 13. The quantitative estimate of drug-likeness (QED) is 0.0875. The first-order valence-electron chi connectivity index (χ1n) is 10.7. The van der Waals surface area contributed by atoms with Gasteiger partial charge in [0.15, 0.2) is 0 Å². The van der Waals surface area contributed by atoms with E-state index in [2.05, 4.69) is 27.9 Å². The first-order chi connectivity index (χ1) is 17.9. The molecule has 39 heavy (non-hydrogen) atoms. The normalized spacial score (nSPS) is 25.6. The fourth-order valence-corrected chi connectivity index (χ4v) is 7.96. The molecule has 0 saturated carbocycles. The number of nitrogens with zero attached hydrogens (tertiary/aromatic N) is 1. The van der Waals surface area contributed by atoms with Gasteiger partial charge in [-0.15, -0.1) is 12.3 Å². The summed E-state index contributed by atoms with van der Waals surface area (Å²) in [5.74, 6) is 2.30. The number of aryl methyl sites for hydroxylation is 1. The van der Waals surface area contributed by atoms with Gasteiger partial charge < -0.3 is 29.4 Å². The number of nitrogens with one attached hydrogen (secondary N) is 1. The molecule has 1 aliphatic rings. The summed E-state index contributed by atoms with van der Waals surface area (Å²) in [5.41, 5.74) is -1.36. The van der Waals surface area contributed by atoms with Crippen LogP contribution in [0.4, 0.5) is 0 Å². The minimum Gasteiger partial charge on any atom is -0.390 e. The van der Waals surface area contributed by atoms with E-state index >= 15 is 0 Å². The summed E-state index contributed by atoms with van der Waals surface area (Å²) < 4.78 is 74.2. The number of aromatic amines is 1. The van der Waals surface area contributed by atoms with Crippen molar-refractivity contribution < 1.29 is 69.7 Å². The number of aliphatic hydroxyl groups is 1. The monoisotopic (exact) mass is 642 g/mol. The zero-order valence-corrected chi connectivity index (χ0v) is 23.6. The SMILES string of the molecule is C#CCCCCOP(=O)(O)OP(=O)(O)OP(=O)(O)OP(=O)(O)OC[C@H]1O[C@@H](n2cc(C)c(=O)[nH]c2=O)CC1O. The Labute approximate surface area is 220 Å². The summed E-state index contributed by atoms with van der Waals surface area (Å²) >= 11 is 0. The van der Waals surface area contributed by atoms with Gasteiger partial charge in [-0.3, -0.25) is 23.4 Å². The zero-order valence-electron chi connectivity index (χ0n) is 20.0. The number of aromatic nitrogens is 2. The van der Waals surface area contributed by atoms with Gasteiger partial charge >= 0.3 is 37.0 Å². The minimum absolute atomic E-state index is 0.147. The summed E-state index contributed by atoms with van der Waals surface area (Å²) in [6.45, 7) is -0.00915. The van der Waals surface area contributed by atoms with Gasteiger partial charge in [-0.05, 0) is 19.8 Å². The molecular formula is C16H26N2O17P4. The van der Waals surface area contributed by atoms with Gasteiger partial charge in [0.25, 0.3) is 5.56 Å². The molecule has 1 aromatic rings. The number of hydrogen-bond donors (Lipinski definition) is 6. The molecule has 1 aliphatic heterocycles. The van der Waals surface area contributed by atoms with Crippen molar-refractivity contribution in [1.82, 2.24) is 9.55 Å². The summed E-state index contributed by atoms with van der Waals surface area (Å²) in [7, 11) is -22.8. The highest BCUT2D eigenvalue weighted by Gasteiger charge is 2.46. The maximum absolute atomic E-state index is 12.1. The van der Waals surface area contributed by atoms with E-state index < -0.39 is 74.2 Å². The molecule has 0 spiro atoms. The summed E-state index contributed by atoms with van der Waals surface area (Å²) in [6.07, 6.45) is 2.91. The molecule has 1 fully saturated rings. The fraction of sp³-hybridized carbons (Fsp3) is 0.625. The van der Waals surface area contributed by atoms with Crippen LogP contribution in [0.2, 0.25) is 0 Å². The second-order valence-electron chi connectivity index (χ2n) is 7.82. The zero-order chi connectivity index (χ0) is 29.6. The third-order valence-electron chi connectivity index (χ3n) is 4.65. The van der Waals surface area contributed by atoms with Crippen LogP contribution in [0.5, 0.6) is 0 Å². The van der Waals surface area contributed by atoms with Crippen molar-refractivity contribution in [1.29, 1.82) is 0 Å². The molecule has 1 saturated heterocycles. The smallest absolute Gasteiger partial charge is 0.390 e. The second kappa shape index (κ2) is 13.6. The lowest BCUT2D eigenvalue weighted by atomic mass is 10.2. The molecule has 2 rings (SSSR count). The molecule has 222 valence electrons. The molecule has 0 aromatic carbocycles. The Morgan fingerprint density at radius 3 is 2.18 bits per heavy atom. The topological polar surface area (TPSA) is 280 Å². The predicted molar refractivity (Wildman–Crippen MR) is 128 cm³/mol. The largest absolute Gasteiger partial charge is 0.490 e. The molecule has 6 N–H and O–H groups in total. The van der Waals surface area contributed by atoms with Crippen LogP contribution in [0.15, 0.2) is 15.8 Å². The van der Waals surface area contributed by atoms with E-state index in [4.69, 9.17) is 11.2 Å². The van der Waals surface area contributed by atoms with Gasteiger partial charge in [0.1, 0.15) is 12.3 Å². The van der Waals surface area contributed by atoms with E-state index in [-0.39, 0.29) is 18.4 Å². The molecule has 7 atom stereocenters. The Kier molecular flexibility index (Phi) is 11.8. The average molecular weight is 642 g/mol. The standard InChI is InChI=1S/C16H26N2O17P4/c1-3-4-5-6-7-30-36(22,23)33-38(26,27)35-39(28,29)34-37(24,25)31-10-13-12(19)8-14(32-13)18-9-11(2)15(20)17-16(18)21/h1,9,12-14,19H,4-8,10H2,2H3,(H,22,23)(H,24,25)(H,26,27)(H,28,29)(H,17,20,21)/t12?,13-,14-/m1/s1. The van der Waals surface area contributed by atoms with Crippen LogP contribution in [0.1, 0.15) is 37.5 Å². The maximum atomic E-state index is 12.1. The van der Waals surface area contributed by atoms with Gasteiger partial charge in [0.2, 0.25) is 0 Å². The lowest BCUT2D eigenvalue weighted by Gasteiger charge is -2.21. The lowest BCUT2D eigenvalue weighted by Crippen LogP contribution is -2.33. The van der Waals surface area contributed by atoms with Gasteiger partial charge in [0, 0.05) is 24.6 Å². The number of phosphoric acid groups is 4. The van der Waals surface area contributed by atoms with Crippen molar-refractivity contribution in [3.05, 3.63) is 32.6 Å². The van der Waals surface area contributed by atoms with Crippen molar-refractivity contribution in [2.75, 3.05) is 13.2 Å². The molecule has 0 bridgehead atoms. The number of H-pyrrole nitrogens is 1. The van der Waals surface area contributed by atoms with E-state index in [9.17, 15) is 52.5 Å². The van der Waals surface area contributed by atoms with E-state index in [0.29, 0.717) is 12.8 Å². The fourth-order valence-electron chi connectivity index (χ4n) is 2.98. The highest BCUT2D eigenvalue weighted by molar-refractivity contribution is 7.69. The number of terminal acetylenes is 1. The van der Waals surface area contributed by atoms with Gasteiger partial charge in [-0.1, -0.05) is 0 Å². The van der Waals surface area contributed by atoms with Gasteiger partial charge in [-0.25, -0.2) is 23.1 Å². The van der Waals surface area contributed by atoms with Crippen molar-refractivity contribution in [3.63, 3.8) is 0 Å². The second-order valence-corrected chi connectivity index (χ2v) is 14.0. The number of rotatable bonds is 15. The number of phosphoric ester groups is 2. The summed E-state index contributed by atoms with van der Waals surface area (Å²) in [6, 6.07) is 0.